The lowest BCUT2D eigenvalue weighted by Gasteiger charge is -2.20. The SMILES string of the molecule is CC(C)C[C@@H](NC(=O)CCc1ccc(S(=O)(=O)N2CCCCCC2)cc1)C(=O)O. The Hall–Kier alpha value is -1.93. The quantitative estimate of drug-likeness (QED) is 0.634. The standard InChI is InChI=1S/C21H32N2O5S/c1-16(2)15-19(21(25)26)22-20(24)12-9-17-7-10-18(11-8-17)29(27,28)23-13-5-3-4-6-14-23/h7-8,10-11,16,19H,3-6,9,12-15H2,1-2H3,(H,22,24)(H,25,26)/t19-/m1/s1. The zero-order valence-corrected chi connectivity index (χ0v) is 18.1. The number of hydrogen-bond donors (Lipinski definition) is 2. The van der Waals surface area contributed by atoms with Gasteiger partial charge in [-0.15, -0.1) is 0 Å². The van der Waals surface area contributed by atoms with Gasteiger partial charge in [0.05, 0.1) is 4.90 Å². The van der Waals surface area contributed by atoms with E-state index < -0.39 is 22.0 Å². The van der Waals surface area contributed by atoms with Crippen LogP contribution in [0, 0.1) is 5.92 Å². The number of nitrogens with zero attached hydrogens (tertiary/aromatic N) is 1. The Morgan fingerprint density at radius 1 is 1.07 bits per heavy atom. The minimum absolute atomic E-state index is 0.153. The highest BCUT2D eigenvalue weighted by atomic mass is 32.2. The Labute approximate surface area is 173 Å². The van der Waals surface area contributed by atoms with Gasteiger partial charge in [0.15, 0.2) is 0 Å². The van der Waals surface area contributed by atoms with Gasteiger partial charge in [0.1, 0.15) is 6.04 Å². The van der Waals surface area contributed by atoms with Crippen LogP contribution >= 0.6 is 0 Å². The van der Waals surface area contributed by atoms with Gasteiger partial charge in [0.25, 0.3) is 0 Å². The second-order valence-corrected chi connectivity index (χ2v) is 9.99. The van der Waals surface area contributed by atoms with Gasteiger partial charge in [-0.25, -0.2) is 13.2 Å². The molecule has 0 radical (unpaired) electrons. The summed E-state index contributed by atoms with van der Waals surface area (Å²) in [6, 6.07) is 5.74. The first-order valence-corrected chi connectivity index (χ1v) is 11.8. The van der Waals surface area contributed by atoms with Crippen LogP contribution in [0.15, 0.2) is 29.2 Å². The summed E-state index contributed by atoms with van der Waals surface area (Å²) in [5.41, 5.74) is 0.839. The number of carbonyl (C=O) groups excluding carboxylic acids is 1. The summed E-state index contributed by atoms with van der Waals surface area (Å²) in [7, 11) is -3.48. The van der Waals surface area contributed by atoms with E-state index in [2.05, 4.69) is 5.32 Å². The summed E-state index contributed by atoms with van der Waals surface area (Å²) in [6.45, 7) is 4.93. The van der Waals surface area contributed by atoms with Crippen molar-refractivity contribution in [2.75, 3.05) is 13.1 Å². The normalized spacial score (nSPS) is 16.9. The van der Waals surface area contributed by atoms with Gasteiger partial charge in [-0.2, -0.15) is 4.31 Å². The van der Waals surface area contributed by atoms with E-state index in [0.29, 0.717) is 25.9 Å². The monoisotopic (exact) mass is 424 g/mol. The molecule has 1 saturated heterocycles. The average Bonchev–Trinajstić information content (AvgIpc) is 2.96. The van der Waals surface area contributed by atoms with Crippen LogP contribution in [0.25, 0.3) is 0 Å². The van der Waals surface area contributed by atoms with E-state index in [4.69, 9.17) is 0 Å². The molecule has 2 N–H and O–H groups in total. The Morgan fingerprint density at radius 2 is 1.66 bits per heavy atom. The molecular weight excluding hydrogens is 392 g/mol. The second kappa shape index (κ2) is 10.7. The van der Waals surface area contributed by atoms with Crippen LogP contribution in [-0.2, 0) is 26.0 Å². The van der Waals surface area contributed by atoms with Gasteiger partial charge in [-0.05, 0) is 49.3 Å². The first-order chi connectivity index (χ1) is 13.7. The van der Waals surface area contributed by atoms with Gasteiger partial charge in [0.2, 0.25) is 15.9 Å². The zero-order chi connectivity index (χ0) is 21.4. The first kappa shape index (κ1) is 23.3. The lowest BCUT2D eigenvalue weighted by Crippen LogP contribution is -2.41. The number of aliphatic carboxylic acids is 1. The van der Waals surface area contributed by atoms with E-state index >= 15 is 0 Å². The van der Waals surface area contributed by atoms with Crippen molar-refractivity contribution in [2.45, 2.75) is 69.7 Å². The van der Waals surface area contributed by atoms with Crippen LogP contribution in [0.1, 0.15) is 57.9 Å². The number of benzene rings is 1. The molecule has 1 aliphatic heterocycles. The van der Waals surface area contributed by atoms with E-state index in [1.54, 1.807) is 28.6 Å². The highest BCUT2D eigenvalue weighted by Crippen LogP contribution is 2.21. The van der Waals surface area contributed by atoms with Crippen molar-refractivity contribution >= 4 is 21.9 Å². The molecule has 1 fully saturated rings. The Bertz CT molecular complexity index is 782. The molecule has 8 heteroatoms. The Morgan fingerprint density at radius 3 is 2.17 bits per heavy atom. The highest BCUT2D eigenvalue weighted by Gasteiger charge is 2.25. The number of rotatable bonds is 9. The number of aryl methyl sites for hydroxylation is 1. The fraction of sp³-hybridized carbons (Fsp3) is 0.619. The molecule has 0 bridgehead atoms. The molecule has 2 rings (SSSR count). The summed E-state index contributed by atoms with van der Waals surface area (Å²) < 4.78 is 27.2. The van der Waals surface area contributed by atoms with Crippen LogP contribution in [0.4, 0.5) is 0 Å². The molecule has 0 spiro atoms. The number of nitrogens with one attached hydrogen (secondary N) is 1. The van der Waals surface area contributed by atoms with Crippen molar-refractivity contribution in [3.05, 3.63) is 29.8 Å². The first-order valence-electron chi connectivity index (χ1n) is 10.3. The minimum Gasteiger partial charge on any atom is -0.480 e. The third kappa shape index (κ3) is 7.12. The molecule has 29 heavy (non-hydrogen) atoms. The van der Waals surface area contributed by atoms with E-state index in [1.807, 2.05) is 13.8 Å². The highest BCUT2D eigenvalue weighted by molar-refractivity contribution is 7.89. The van der Waals surface area contributed by atoms with Crippen LogP contribution < -0.4 is 5.32 Å². The van der Waals surface area contributed by atoms with Gasteiger partial charge in [-0.3, -0.25) is 4.79 Å². The van der Waals surface area contributed by atoms with Gasteiger partial charge in [-0.1, -0.05) is 38.8 Å². The van der Waals surface area contributed by atoms with Crippen LogP contribution in [-0.4, -0.2) is 48.8 Å². The van der Waals surface area contributed by atoms with Gasteiger partial charge < -0.3 is 10.4 Å². The average molecular weight is 425 g/mol. The predicted octanol–water partition coefficient (Wildman–Crippen LogP) is 2.80. The van der Waals surface area contributed by atoms with Crippen LogP contribution in [0.2, 0.25) is 0 Å². The van der Waals surface area contributed by atoms with Gasteiger partial charge >= 0.3 is 5.97 Å². The lowest BCUT2D eigenvalue weighted by atomic mass is 10.0. The largest absolute Gasteiger partial charge is 0.480 e. The van der Waals surface area contributed by atoms with E-state index in [1.165, 1.54) is 0 Å². The smallest absolute Gasteiger partial charge is 0.326 e. The lowest BCUT2D eigenvalue weighted by molar-refractivity contribution is -0.142. The Kier molecular flexibility index (Phi) is 8.64. The molecule has 1 aromatic carbocycles. The third-order valence-corrected chi connectivity index (χ3v) is 7.02. The maximum Gasteiger partial charge on any atom is 0.326 e. The molecule has 1 atom stereocenters. The Balaban J connectivity index is 1.93. The van der Waals surface area contributed by atoms with Crippen molar-refractivity contribution in [1.29, 1.82) is 0 Å². The van der Waals surface area contributed by atoms with Crippen molar-refractivity contribution in [1.82, 2.24) is 9.62 Å². The summed E-state index contributed by atoms with van der Waals surface area (Å²) in [5, 5.41) is 11.8. The molecule has 162 valence electrons. The molecule has 0 saturated carbocycles. The number of carbonyl (C=O) groups is 2. The number of amides is 1. The number of carboxylic acid groups (broad SMARTS) is 1. The zero-order valence-electron chi connectivity index (χ0n) is 17.3. The van der Waals surface area contributed by atoms with E-state index in [0.717, 1.165) is 31.2 Å². The molecule has 0 aliphatic carbocycles. The maximum absolute atomic E-state index is 12.8. The molecule has 1 amide bonds. The maximum atomic E-state index is 12.8. The van der Waals surface area contributed by atoms with Crippen LogP contribution in [0.3, 0.4) is 0 Å². The molecule has 1 heterocycles. The fourth-order valence-corrected chi connectivity index (χ4v) is 4.99. The molecule has 7 nitrogen and oxygen atoms in total. The van der Waals surface area contributed by atoms with Crippen molar-refractivity contribution in [3.63, 3.8) is 0 Å². The number of carboxylic acids is 1. The van der Waals surface area contributed by atoms with Crippen molar-refractivity contribution in [2.24, 2.45) is 5.92 Å². The number of sulfonamides is 1. The van der Waals surface area contributed by atoms with E-state index in [-0.39, 0.29) is 23.1 Å². The summed E-state index contributed by atoms with van der Waals surface area (Å²) in [6.07, 6.45) is 4.86. The summed E-state index contributed by atoms with van der Waals surface area (Å²) in [4.78, 5) is 23.6. The fourth-order valence-electron chi connectivity index (χ4n) is 3.48. The topological polar surface area (TPSA) is 104 Å². The third-order valence-electron chi connectivity index (χ3n) is 5.11. The van der Waals surface area contributed by atoms with Gasteiger partial charge in [0, 0.05) is 19.5 Å². The van der Waals surface area contributed by atoms with Crippen LogP contribution in [0.5, 0.6) is 0 Å². The summed E-state index contributed by atoms with van der Waals surface area (Å²) in [5.74, 6) is -1.19. The molecule has 0 aromatic heterocycles. The molecular formula is C21H32N2O5S. The predicted molar refractivity (Wildman–Crippen MR) is 111 cm³/mol. The minimum atomic E-state index is -3.48. The molecule has 1 aromatic rings. The van der Waals surface area contributed by atoms with E-state index in [9.17, 15) is 23.1 Å². The summed E-state index contributed by atoms with van der Waals surface area (Å²) >= 11 is 0. The molecule has 0 unspecified atom stereocenters. The molecule has 1 aliphatic rings. The van der Waals surface area contributed by atoms with Crippen molar-refractivity contribution in [3.8, 4) is 0 Å². The van der Waals surface area contributed by atoms with Crippen molar-refractivity contribution < 1.29 is 23.1 Å². The second-order valence-electron chi connectivity index (χ2n) is 8.05. The number of hydrogen-bond acceptors (Lipinski definition) is 4.